The van der Waals surface area contributed by atoms with Crippen LogP contribution in [0.15, 0.2) is 90.6 Å². The standard InChI is InChI=1S/C28H23NO3/c1-18-12-14-20(15-13-18)26(30)23-17-29-28(27(31)32-2)24(16-19-8-4-3-5-9-19)21-10-6-7-11-22(21)25(23)28/h3-17,25,29H,1-2H3/b24-16-/t25-,28-/m1/s1. The summed E-state index contributed by atoms with van der Waals surface area (Å²) >= 11 is 0. The van der Waals surface area contributed by atoms with Crippen LogP contribution in [0.1, 0.15) is 38.5 Å². The lowest BCUT2D eigenvalue weighted by molar-refractivity contribution is -0.145. The maximum absolute atomic E-state index is 13.5. The van der Waals surface area contributed by atoms with Gasteiger partial charge in [0.25, 0.3) is 0 Å². The van der Waals surface area contributed by atoms with E-state index in [1.807, 2.05) is 91.9 Å². The summed E-state index contributed by atoms with van der Waals surface area (Å²) in [6.45, 7) is 1.99. The van der Waals surface area contributed by atoms with E-state index >= 15 is 0 Å². The number of fused-ring (bicyclic) bond motifs is 3. The second-order valence-electron chi connectivity index (χ2n) is 8.23. The molecular weight excluding hydrogens is 398 g/mol. The number of esters is 1. The third-order valence-corrected chi connectivity index (χ3v) is 6.38. The Morgan fingerprint density at radius 2 is 1.62 bits per heavy atom. The first-order valence-corrected chi connectivity index (χ1v) is 10.6. The van der Waals surface area contributed by atoms with Gasteiger partial charge in [0.2, 0.25) is 0 Å². The average Bonchev–Trinajstić information content (AvgIpc) is 3.35. The van der Waals surface area contributed by atoms with Crippen molar-refractivity contribution in [3.05, 3.63) is 118 Å². The summed E-state index contributed by atoms with van der Waals surface area (Å²) in [6, 6.07) is 25.3. The average molecular weight is 421 g/mol. The molecule has 32 heavy (non-hydrogen) atoms. The van der Waals surface area contributed by atoms with Gasteiger partial charge in [0.1, 0.15) is 0 Å². The van der Waals surface area contributed by atoms with Crippen LogP contribution in [0.5, 0.6) is 0 Å². The molecule has 0 radical (unpaired) electrons. The van der Waals surface area contributed by atoms with Crippen molar-refractivity contribution in [2.75, 3.05) is 7.11 Å². The molecule has 3 aromatic carbocycles. The number of carbonyl (C=O) groups is 2. The second kappa shape index (κ2) is 7.65. The summed E-state index contributed by atoms with van der Waals surface area (Å²) in [4.78, 5) is 26.9. The number of Topliss-reactive ketones (excluding diaryl/α,β-unsaturated/α-hetero) is 1. The minimum Gasteiger partial charge on any atom is -0.467 e. The number of ketones is 1. The van der Waals surface area contributed by atoms with E-state index in [1.165, 1.54) is 7.11 Å². The molecule has 4 heteroatoms. The maximum Gasteiger partial charge on any atom is 0.337 e. The fourth-order valence-corrected chi connectivity index (χ4v) is 4.86. The van der Waals surface area contributed by atoms with E-state index in [0.717, 1.165) is 27.8 Å². The number of aryl methyl sites for hydroxylation is 1. The molecule has 0 fully saturated rings. The summed E-state index contributed by atoms with van der Waals surface area (Å²) in [6.07, 6.45) is 3.70. The molecule has 5 rings (SSSR count). The number of nitrogens with one attached hydrogen (secondary N) is 1. The lowest BCUT2D eigenvalue weighted by atomic mass is 9.78. The lowest BCUT2D eigenvalue weighted by Gasteiger charge is -2.30. The molecule has 0 unspecified atom stereocenters. The van der Waals surface area contributed by atoms with Crippen molar-refractivity contribution >= 4 is 23.4 Å². The van der Waals surface area contributed by atoms with Gasteiger partial charge in [0, 0.05) is 17.3 Å². The van der Waals surface area contributed by atoms with E-state index < -0.39 is 17.4 Å². The van der Waals surface area contributed by atoms with Crippen molar-refractivity contribution in [2.24, 2.45) is 0 Å². The SMILES string of the molecule is COC(=O)[C@]12NC=C(C(=O)c3ccc(C)cc3)[C@H]1c1ccccc1/C2=C/c1ccccc1. The van der Waals surface area contributed by atoms with Gasteiger partial charge in [-0.1, -0.05) is 84.4 Å². The highest BCUT2D eigenvalue weighted by Gasteiger charge is 2.60. The van der Waals surface area contributed by atoms with Crippen LogP contribution in [0.2, 0.25) is 0 Å². The monoisotopic (exact) mass is 421 g/mol. The van der Waals surface area contributed by atoms with Gasteiger partial charge < -0.3 is 10.1 Å². The van der Waals surface area contributed by atoms with Crippen molar-refractivity contribution in [3.8, 4) is 0 Å². The zero-order chi connectivity index (χ0) is 22.3. The Kier molecular flexibility index (Phi) is 4.78. The molecule has 0 amide bonds. The number of rotatable bonds is 4. The molecule has 1 heterocycles. The predicted octanol–water partition coefficient (Wildman–Crippen LogP) is 4.91. The van der Waals surface area contributed by atoms with Crippen LogP contribution < -0.4 is 5.32 Å². The molecule has 1 aliphatic carbocycles. The van der Waals surface area contributed by atoms with Crippen LogP contribution in [0.25, 0.3) is 11.6 Å². The first-order valence-electron chi connectivity index (χ1n) is 10.6. The quantitative estimate of drug-likeness (QED) is 0.480. The molecule has 0 saturated carbocycles. The van der Waals surface area contributed by atoms with Gasteiger partial charge in [-0.25, -0.2) is 4.79 Å². The summed E-state index contributed by atoms with van der Waals surface area (Å²) in [5, 5.41) is 3.29. The Hall–Kier alpha value is -3.92. The predicted molar refractivity (Wildman–Crippen MR) is 125 cm³/mol. The lowest BCUT2D eigenvalue weighted by Crippen LogP contribution is -2.50. The van der Waals surface area contributed by atoms with Crippen molar-refractivity contribution in [3.63, 3.8) is 0 Å². The van der Waals surface area contributed by atoms with Gasteiger partial charge in [-0.05, 0) is 35.3 Å². The van der Waals surface area contributed by atoms with Crippen LogP contribution in [-0.2, 0) is 9.53 Å². The molecule has 158 valence electrons. The van der Waals surface area contributed by atoms with E-state index in [4.69, 9.17) is 4.74 Å². The minimum absolute atomic E-state index is 0.0935. The van der Waals surface area contributed by atoms with E-state index in [9.17, 15) is 9.59 Å². The fraction of sp³-hybridized carbons (Fsp3) is 0.143. The molecular formula is C28H23NO3. The van der Waals surface area contributed by atoms with Gasteiger partial charge in [0.05, 0.1) is 13.0 Å². The minimum atomic E-state index is -1.19. The van der Waals surface area contributed by atoms with Crippen molar-refractivity contribution in [1.29, 1.82) is 0 Å². The van der Waals surface area contributed by atoms with E-state index in [-0.39, 0.29) is 5.78 Å². The fourth-order valence-electron chi connectivity index (χ4n) is 4.86. The van der Waals surface area contributed by atoms with Gasteiger partial charge in [-0.2, -0.15) is 0 Å². The topological polar surface area (TPSA) is 55.4 Å². The highest BCUT2D eigenvalue weighted by molar-refractivity contribution is 6.16. The first-order chi connectivity index (χ1) is 15.6. The highest BCUT2D eigenvalue weighted by Crippen LogP contribution is 2.56. The van der Waals surface area contributed by atoms with Gasteiger partial charge in [0.15, 0.2) is 11.3 Å². The third-order valence-electron chi connectivity index (χ3n) is 6.38. The van der Waals surface area contributed by atoms with Gasteiger partial charge in [-0.3, -0.25) is 4.79 Å². The Morgan fingerprint density at radius 1 is 0.938 bits per heavy atom. The van der Waals surface area contributed by atoms with Crippen LogP contribution >= 0.6 is 0 Å². The van der Waals surface area contributed by atoms with Crippen molar-refractivity contribution < 1.29 is 14.3 Å². The number of benzene rings is 3. The van der Waals surface area contributed by atoms with Gasteiger partial charge in [-0.15, -0.1) is 0 Å². The Bertz CT molecular complexity index is 1270. The van der Waals surface area contributed by atoms with E-state index in [2.05, 4.69) is 5.32 Å². The molecule has 0 aromatic heterocycles. The largest absolute Gasteiger partial charge is 0.467 e. The molecule has 1 N–H and O–H groups in total. The molecule has 0 bridgehead atoms. The van der Waals surface area contributed by atoms with E-state index in [1.54, 1.807) is 6.20 Å². The summed E-state index contributed by atoms with van der Waals surface area (Å²) < 4.78 is 5.30. The smallest absolute Gasteiger partial charge is 0.337 e. The zero-order valence-electron chi connectivity index (χ0n) is 18.0. The summed E-state index contributed by atoms with van der Waals surface area (Å²) in [7, 11) is 1.39. The molecule has 1 aliphatic heterocycles. The number of hydrogen-bond donors (Lipinski definition) is 1. The Morgan fingerprint density at radius 3 is 2.34 bits per heavy atom. The Labute approximate surface area is 187 Å². The molecule has 0 saturated heterocycles. The number of ether oxygens (including phenoxy) is 1. The summed E-state index contributed by atoms with van der Waals surface area (Å²) in [5.74, 6) is -0.984. The van der Waals surface area contributed by atoms with Crippen LogP contribution in [0.3, 0.4) is 0 Å². The molecule has 3 aromatic rings. The van der Waals surface area contributed by atoms with Gasteiger partial charge >= 0.3 is 5.97 Å². The number of carbonyl (C=O) groups excluding carboxylic acids is 2. The van der Waals surface area contributed by atoms with E-state index in [0.29, 0.717) is 11.1 Å². The summed E-state index contributed by atoms with van der Waals surface area (Å²) in [5.41, 5.74) is 4.72. The number of hydrogen-bond acceptors (Lipinski definition) is 4. The second-order valence-corrected chi connectivity index (χ2v) is 8.23. The molecule has 0 spiro atoms. The van der Waals surface area contributed by atoms with Crippen LogP contribution in [-0.4, -0.2) is 24.4 Å². The molecule has 2 atom stereocenters. The van der Waals surface area contributed by atoms with Crippen molar-refractivity contribution in [2.45, 2.75) is 18.4 Å². The maximum atomic E-state index is 13.5. The van der Waals surface area contributed by atoms with Crippen LogP contribution in [0.4, 0.5) is 0 Å². The zero-order valence-corrected chi connectivity index (χ0v) is 18.0. The molecule has 2 aliphatic rings. The Balaban J connectivity index is 1.69. The highest BCUT2D eigenvalue weighted by atomic mass is 16.5. The first kappa shape index (κ1) is 20.0. The van der Waals surface area contributed by atoms with Crippen molar-refractivity contribution in [1.82, 2.24) is 5.32 Å². The van der Waals surface area contributed by atoms with Crippen LogP contribution in [0, 0.1) is 6.92 Å². The third kappa shape index (κ3) is 2.91. The number of methoxy groups -OCH3 is 1. The normalized spacial score (nSPS) is 22.0. The molecule has 4 nitrogen and oxygen atoms in total.